The number of nitrogens with one attached hydrogen (secondary N) is 1. The third-order valence-corrected chi connectivity index (χ3v) is 3.28. The van der Waals surface area contributed by atoms with E-state index >= 15 is 0 Å². The van der Waals surface area contributed by atoms with Gasteiger partial charge in [-0.25, -0.2) is 4.79 Å². The fourth-order valence-electron chi connectivity index (χ4n) is 2.43. The third-order valence-electron chi connectivity index (χ3n) is 3.28. The summed E-state index contributed by atoms with van der Waals surface area (Å²) in [7, 11) is 0. The number of para-hydroxylation sites is 2. The minimum atomic E-state index is -0.525. The molecule has 0 saturated carbocycles. The summed E-state index contributed by atoms with van der Waals surface area (Å²) < 4.78 is 11.3. The molecule has 21 heavy (non-hydrogen) atoms. The summed E-state index contributed by atoms with van der Waals surface area (Å²) in [5.74, 6) is 1.11. The molecule has 4 heteroatoms. The summed E-state index contributed by atoms with van der Waals surface area (Å²) in [6.07, 6.45) is 0.280. The van der Waals surface area contributed by atoms with E-state index in [1.54, 1.807) is 18.2 Å². The molecule has 3 rings (SSSR count). The summed E-state index contributed by atoms with van der Waals surface area (Å²) in [5.41, 5.74) is 1.49. The molecule has 0 aliphatic carbocycles. The number of hydrogen-bond donors (Lipinski definition) is 1. The van der Waals surface area contributed by atoms with E-state index < -0.39 is 6.09 Å². The van der Waals surface area contributed by atoms with Gasteiger partial charge in [0.2, 0.25) is 0 Å². The van der Waals surface area contributed by atoms with Crippen LogP contribution in [-0.4, -0.2) is 11.7 Å². The van der Waals surface area contributed by atoms with Gasteiger partial charge in [-0.15, -0.1) is 0 Å². The molecule has 1 amide bonds. The quantitative estimate of drug-likeness (QED) is 0.905. The number of carbonyl (C=O) groups excluding carboxylic acids is 1. The van der Waals surface area contributed by atoms with Crippen LogP contribution in [0.25, 0.3) is 0 Å². The van der Waals surface area contributed by atoms with Gasteiger partial charge in [-0.3, -0.25) is 5.32 Å². The lowest BCUT2D eigenvalue weighted by Gasteiger charge is -2.18. The van der Waals surface area contributed by atoms with Gasteiger partial charge in [-0.1, -0.05) is 30.3 Å². The van der Waals surface area contributed by atoms with E-state index in [1.165, 1.54) is 0 Å². The van der Waals surface area contributed by atoms with Crippen molar-refractivity contribution in [1.29, 1.82) is 0 Å². The second-order valence-corrected chi connectivity index (χ2v) is 5.66. The minimum absolute atomic E-state index is 0.266. The van der Waals surface area contributed by atoms with Crippen molar-refractivity contribution >= 4 is 11.8 Å². The molecule has 2 aromatic rings. The molecule has 1 heterocycles. The van der Waals surface area contributed by atoms with Crippen LogP contribution in [0.4, 0.5) is 10.5 Å². The SMILES string of the molecule is CC1(C)Cc2cccc(OC(=O)Nc3ccccc3)c2O1. The number of rotatable bonds is 2. The summed E-state index contributed by atoms with van der Waals surface area (Å²) in [6, 6.07) is 14.8. The van der Waals surface area contributed by atoms with E-state index in [-0.39, 0.29) is 5.60 Å². The van der Waals surface area contributed by atoms with Gasteiger partial charge in [0.1, 0.15) is 5.60 Å². The first-order valence-corrected chi connectivity index (χ1v) is 6.88. The smallest absolute Gasteiger partial charge is 0.417 e. The second kappa shape index (κ2) is 5.13. The zero-order valence-electron chi connectivity index (χ0n) is 12.1. The molecule has 1 aliphatic heterocycles. The van der Waals surface area contributed by atoms with Gasteiger partial charge in [0.15, 0.2) is 11.5 Å². The van der Waals surface area contributed by atoms with Crippen LogP contribution in [0.1, 0.15) is 19.4 Å². The summed E-state index contributed by atoms with van der Waals surface area (Å²) in [6.45, 7) is 4.03. The highest BCUT2D eigenvalue weighted by Gasteiger charge is 2.32. The second-order valence-electron chi connectivity index (χ2n) is 5.66. The van der Waals surface area contributed by atoms with E-state index in [9.17, 15) is 4.79 Å². The number of hydrogen-bond acceptors (Lipinski definition) is 3. The van der Waals surface area contributed by atoms with Crippen molar-refractivity contribution in [2.75, 3.05) is 5.32 Å². The average molecular weight is 283 g/mol. The first kappa shape index (κ1) is 13.5. The first-order chi connectivity index (χ1) is 10.0. The topological polar surface area (TPSA) is 47.6 Å². The number of anilines is 1. The molecular formula is C17H17NO3. The van der Waals surface area contributed by atoms with Crippen LogP contribution in [0.15, 0.2) is 48.5 Å². The maximum absolute atomic E-state index is 12.0. The number of carbonyl (C=O) groups is 1. The highest BCUT2D eigenvalue weighted by atomic mass is 16.6. The van der Waals surface area contributed by atoms with Gasteiger partial charge in [-0.05, 0) is 32.0 Å². The van der Waals surface area contributed by atoms with E-state index in [4.69, 9.17) is 9.47 Å². The first-order valence-electron chi connectivity index (χ1n) is 6.88. The third kappa shape index (κ3) is 2.99. The Hall–Kier alpha value is -2.49. The van der Waals surface area contributed by atoms with Crippen LogP contribution < -0.4 is 14.8 Å². The molecular weight excluding hydrogens is 266 g/mol. The van der Waals surface area contributed by atoms with Crippen molar-refractivity contribution in [3.63, 3.8) is 0 Å². The highest BCUT2D eigenvalue weighted by Crippen LogP contribution is 2.41. The summed E-state index contributed by atoms with van der Waals surface area (Å²) in [5, 5.41) is 2.69. The molecule has 0 bridgehead atoms. The highest BCUT2D eigenvalue weighted by molar-refractivity contribution is 5.86. The van der Waals surface area contributed by atoms with Crippen molar-refractivity contribution in [1.82, 2.24) is 0 Å². The van der Waals surface area contributed by atoms with E-state index in [0.29, 0.717) is 17.2 Å². The molecule has 0 atom stereocenters. The Morgan fingerprint density at radius 3 is 2.67 bits per heavy atom. The lowest BCUT2D eigenvalue weighted by molar-refractivity contribution is 0.133. The van der Waals surface area contributed by atoms with Crippen LogP contribution in [0, 0.1) is 0 Å². The fourth-order valence-corrected chi connectivity index (χ4v) is 2.43. The van der Waals surface area contributed by atoms with Gasteiger partial charge >= 0.3 is 6.09 Å². The van der Waals surface area contributed by atoms with Crippen LogP contribution in [0.3, 0.4) is 0 Å². The molecule has 0 spiro atoms. The van der Waals surface area contributed by atoms with Gasteiger partial charge in [0, 0.05) is 17.7 Å². The molecule has 2 aromatic carbocycles. The molecule has 1 aliphatic rings. The normalized spacial score (nSPS) is 15.0. The average Bonchev–Trinajstić information content (AvgIpc) is 2.75. The Labute approximate surface area is 123 Å². The molecule has 0 radical (unpaired) electrons. The summed E-state index contributed by atoms with van der Waals surface area (Å²) in [4.78, 5) is 12.0. The fraction of sp³-hybridized carbons (Fsp3) is 0.235. The maximum Gasteiger partial charge on any atom is 0.417 e. The van der Waals surface area contributed by atoms with Crippen molar-refractivity contribution < 1.29 is 14.3 Å². The lowest BCUT2D eigenvalue weighted by atomic mass is 10.0. The molecule has 108 valence electrons. The minimum Gasteiger partial charge on any atom is -0.483 e. The molecule has 0 aromatic heterocycles. The zero-order chi connectivity index (χ0) is 14.9. The number of amides is 1. The molecule has 0 saturated heterocycles. The van der Waals surface area contributed by atoms with Gasteiger partial charge < -0.3 is 9.47 Å². The van der Waals surface area contributed by atoms with Gasteiger partial charge in [-0.2, -0.15) is 0 Å². The Morgan fingerprint density at radius 2 is 1.90 bits per heavy atom. The number of benzene rings is 2. The van der Waals surface area contributed by atoms with Crippen LogP contribution >= 0.6 is 0 Å². The van der Waals surface area contributed by atoms with Gasteiger partial charge in [0.25, 0.3) is 0 Å². The van der Waals surface area contributed by atoms with Crippen molar-refractivity contribution in [3.8, 4) is 11.5 Å². The van der Waals surface area contributed by atoms with Crippen molar-refractivity contribution in [2.24, 2.45) is 0 Å². The van der Waals surface area contributed by atoms with Crippen molar-refractivity contribution in [3.05, 3.63) is 54.1 Å². The molecule has 0 unspecified atom stereocenters. The van der Waals surface area contributed by atoms with Crippen LogP contribution in [0.5, 0.6) is 11.5 Å². The Bertz CT molecular complexity index is 665. The number of fused-ring (bicyclic) bond motifs is 1. The number of ether oxygens (including phenoxy) is 2. The molecule has 0 fully saturated rings. The maximum atomic E-state index is 12.0. The zero-order valence-corrected chi connectivity index (χ0v) is 12.1. The Morgan fingerprint density at radius 1 is 1.14 bits per heavy atom. The summed E-state index contributed by atoms with van der Waals surface area (Å²) >= 11 is 0. The molecule has 4 nitrogen and oxygen atoms in total. The Kier molecular flexibility index (Phi) is 3.29. The predicted octanol–water partition coefficient (Wildman–Crippen LogP) is 4.01. The lowest BCUT2D eigenvalue weighted by Crippen LogP contribution is -2.25. The van der Waals surface area contributed by atoms with Gasteiger partial charge in [0.05, 0.1) is 0 Å². The standard InChI is InChI=1S/C17H17NO3/c1-17(2)11-12-7-6-10-14(15(12)21-17)20-16(19)18-13-8-4-3-5-9-13/h3-10H,11H2,1-2H3,(H,18,19). The largest absolute Gasteiger partial charge is 0.483 e. The van der Waals surface area contributed by atoms with E-state index in [0.717, 1.165) is 12.0 Å². The predicted molar refractivity (Wildman–Crippen MR) is 80.9 cm³/mol. The van der Waals surface area contributed by atoms with E-state index in [2.05, 4.69) is 5.32 Å². The van der Waals surface area contributed by atoms with Crippen LogP contribution in [-0.2, 0) is 6.42 Å². The monoisotopic (exact) mass is 283 g/mol. The Balaban J connectivity index is 1.75. The van der Waals surface area contributed by atoms with Crippen LogP contribution in [0.2, 0.25) is 0 Å². The van der Waals surface area contributed by atoms with E-state index in [1.807, 2.05) is 44.2 Å². The van der Waals surface area contributed by atoms with Crippen molar-refractivity contribution in [2.45, 2.75) is 25.9 Å². The molecule has 1 N–H and O–H groups in total.